The lowest BCUT2D eigenvalue weighted by atomic mass is 10.0. The van der Waals surface area contributed by atoms with Crippen molar-refractivity contribution in [3.63, 3.8) is 0 Å². The molecule has 4 rings (SSSR count). The minimum Gasteiger partial charge on any atom is -0.369 e. The van der Waals surface area contributed by atoms with Crippen LogP contribution >= 0.6 is 11.6 Å². The fourth-order valence-electron chi connectivity index (χ4n) is 3.65. The molecule has 0 unspecified atom stereocenters. The highest BCUT2D eigenvalue weighted by Gasteiger charge is 2.25. The molecule has 0 radical (unpaired) electrons. The first-order valence-corrected chi connectivity index (χ1v) is 8.95. The van der Waals surface area contributed by atoms with Gasteiger partial charge in [-0.25, -0.2) is 9.78 Å². The van der Waals surface area contributed by atoms with Gasteiger partial charge in [-0.2, -0.15) is 0 Å². The van der Waals surface area contributed by atoms with Crippen molar-refractivity contribution >= 4 is 34.4 Å². The van der Waals surface area contributed by atoms with E-state index in [0.29, 0.717) is 23.9 Å². The molecule has 1 aromatic carbocycles. The van der Waals surface area contributed by atoms with Crippen LogP contribution in [-0.4, -0.2) is 38.2 Å². The summed E-state index contributed by atoms with van der Waals surface area (Å²) >= 11 is 6.01. The molecule has 3 aromatic rings. The molecule has 0 atom stereocenters. The number of anilines is 1. The Morgan fingerprint density at radius 3 is 2.78 bits per heavy atom. The zero-order chi connectivity index (χ0) is 19.1. The van der Waals surface area contributed by atoms with E-state index < -0.39 is 0 Å². The summed E-state index contributed by atoms with van der Waals surface area (Å²) in [5.74, 6) is 0.270. The highest BCUT2D eigenvalue weighted by atomic mass is 35.5. The van der Waals surface area contributed by atoms with Gasteiger partial charge in [0, 0.05) is 36.5 Å². The molecule has 0 aliphatic carbocycles. The molecule has 140 valence electrons. The van der Waals surface area contributed by atoms with E-state index in [9.17, 15) is 4.79 Å². The first-order valence-electron chi connectivity index (χ1n) is 8.57. The molecule has 5 N–H and O–H groups in total. The first kappa shape index (κ1) is 17.3. The fourth-order valence-corrected chi connectivity index (χ4v) is 3.82. The van der Waals surface area contributed by atoms with Gasteiger partial charge in [0.15, 0.2) is 17.3 Å². The number of nitrogens with zero attached hydrogens (tertiary/aromatic N) is 4. The van der Waals surface area contributed by atoms with Crippen LogP contribution in [-0.2, 0) is 0 Å². The van der Waals surface area contributed by atoms with Gasteiger partial charge in [0.25, 0.3) is 0 Å². The van der Waals surface area contributed by atoms with Crippen molar-refractivity contribution in [1.29, 1.82) is 10.8 Å². The summed E-state index contributed by atoms with van der Waals surface area (Å²) in [6.07, 6.45) is 4.52. The van der Waals surface area contributed by atoms with E-state index >= 15 is 0 Å². The monoisotopic (exact) mass is 386 g/mol. The van der Waals surface area contributed by atoms with E-state index in [2.05, 4.69) is 9.97 Å². The van der Waals surface area contributed by atoms with E-state index in [4.69, 9.17) is 28.2 Å². The van der Waals surface area contributed by atoms with Gasteiger partial charge in [-0.3, -0.25) is 20.0 Å². The number of aromatic amines is 1. The molecule has 1 aliphatic rings. The molecule has 1 aliphatic heterocycles. The lowest BCUT2D eigenvalue weighted by Crippen LogP contribution is -2.42. The number of nitrogens with two attached hydrogens (primary N) is 1. The number of hydrogen-bond acceptors (Lipinski definition) is 5. The Hall–Kier alpha value is -3.07. The molecule has 10 heteroatoms. The number of benzene rings is 1. The SMILES string of the molecule is N=C(N)n1ccnc(N2CCC(n3c(=O)[nH]c4cc(Cl)ccc43)CC2)c1=N. The van der Waals surface area contributed by atoms with Gasteiger partial charge in [-0.1, -0.05) is 11.6 Å². The summed E-state index contributed by atoms with van der Waals surface area (Å²) in [6.45, 7) is 1.30. The number of halogens is 1. The van der Waals surface area contributed by atoms with Crippen LogP contribution < -0.4 is 21.8 Å². The van der Waals surface area contributed by atoms with E-state index in [1.54, 1.807) is 16.7 Å². The van der Waals surface area contributed by atoms with Crippen molar-refractivity contribution < 1.29 is 0 Å². The number of imidazole rings is 1. The maximum Gasteiger partial charge on any atom is 0.326 e. The molecule has 0 saturated carbocycles. The van der Waals surface area contributed by atoms with Crippen LogP contribution in [0.25, 0.3) is 11.0 Å². The molecule has 2 aromatic heterocycles. The number of rotatable bonds is 2. The smallest absolute Gasteiger partial charge is 0.326 e. The number of aromatic nitrogens is 4. The van der Waals surface area contributed by atoms with Crippen LogP contribution in [0.3, 0.4) is 0 Å². The first-order chi connectivity index (χ1) is 13.0. The Balaban J connectivity index is 1.60. The number of H-pyrrole nitrogens is 1. The molecule has 9 nitrogen and oxygen atoms in total. The van der Waals surface area contributed by atoms with Gasteiger partial charge in [0.05, 0.1) is 11.0 Å². The Bertz CT molecular complexity index is 1140. The predicted molar refractivity (Wildman–Crippen MR) is 103 cm³/mol. The second-order valence-electron chi connectivity index (χ2n) is 6.53. The van der Waals surface area contributed by atoms with Crippen LogP contribution in [0.5, 0.6) is 0 Å². The number of nitrogen functional groups attached to an aromatic ring is 1. The standard InChI is InChI=1S/C17H19ClN8O/c18-10-1-2-13-12(9-10)23-17(27)26(13)11-3-6-24(7-4-11)15-14(19)25(16(20)21)8-5-22-15/h1-2,5,8-9,11,19H,3-4,6-7H2,(H3,20,21)(H,23,27). The topological polar surface area (TPSA) is 133 Å². The van der Waals surface area contributed by atoms with Crippen LogP contribution in [0.4, 0.5) is 5.82 Å². The predicted octanol–water partition coefficient (Wildman–Crippen LogP) is 1.24. The Kier molecular flexibility index (Phi) is 4.23. The molecule has 27 heavy (non-hydrogen) atoms. The van der Waals surface area contributed by atoms with E-state index in [0.717, 1.165) is 23.9 Å². The Morgan fingerprint density at radius 1 is 1.33 bits per heavy atom. The minimum atomic E-state index is -0.220. The third-order valence-corrected chi connectivity index (χ3v) is 5.17. The molecular formula is C17H19ClN8O. The highest BCUT2D eigenvalue weighted by molar-refractivity contribution is 6.31. The maximum absolute atomic E-state index is 12.4. The lowest BCUT2D eigenvalue weighted by molar-refractivity contribution is 0.394. The van der Waals surface area contributed by atoms with E-state index in [1.165, 1.54) is 17.0 Å². The summed E-state index contributed by atoms with van der Waals surface area (Å²) < 4.78 is 3.07. The number of piperidine rings is 1. The molecule has 1 fully saturated rings. The van der Waals surface area contributed by atoms with Crippen molar-refractivity contribution in [3.05, 3.63) is 51.6 Å². The van der Waals surface area contributed by atoms with Gasteiger partial charge in [0.1, 0.15) is 0 Å². The Morgan fingerprint density at radius 2 is 2.07 bits per heavy atom. The Labute approximate surface area is 159 Å². The second kappa shape index (κ2) is 6.58. The molecule has 3 heterocycles. The van der Waals surface area contributed by atoms with Crippen molar-refractivity contribution in [2.45, 2.75) is 18.9 Å². The van der Waals surface area contributed by atoms with Gasteiger partial charge in [0.2, 0.25) is 0 Å². The second-order valence-corrected chi connectivity index (χ2v) is 6.97. The van der Waals surface area contributed by atoms with Crippen LogP contribution in [0.1, 0.15) is 18.9 Å². The van der Waals surface area contributed by atoms with Crippen molar-refractivity contribution in [2.24, 2.45) is 5.73 Å². The lowest BCUT2D eigenvalue weighted by Gasteiger charge is -2.33. The highest BCUT2D eigenvalue weighted by Crippen LogP contribution is 2.27. The van der Waals surface area contributed by atoms with Gasteiger partial charge < -0.3 is 15.6 Å². The molecule has 0 amide bonds. The van der Waals surface area contributed by atoms with Crippen LogP contribution in [0, 0.1) is 10.8 Å². The third-order valence-electron chi connectivity index (χ3n) is 4.93. The van der Waals surface area contributed by atoms with Crippen LogP contribution in [0.15, 0.2) is 35.4 Å². The summed E-state index contributed by atoms with van der Waals surface area (Å²) in [4.78, 5) is 21.6. The quantitative estimate of drug-likeness (QED) is 0.389. The number of nitrogens with one attached hydrogen (secondary N) is 3. The summed E-state index contributed by atoms with van der Waals surface area (Å²) in [5, 5.41) is 16.4. The van der Waals surface area contributed by atoms with Crippen LogP contribution in [0.2, 0.25) is 5.02 Å². The summed E-state index contributed by atoms with van der Waals surface area (Å²) in [7, 11) is 0. The van der Waals surface area contributed by atoms with E-state index in [-0.39, 0.29) is 23.2 Å². The zero-order valence-electron chi connectivity index (χ0n) is 14.4. The van der Waals surface area contributed by atoms with Crippen molar-refractivity contribution in [2.75, 3.05) is 18.0 Å². The third kappa shape index (κ3) is 2.99. The summed E-state index contributed by atoms with van der Waals surface area (Å²) in [5.41, 5.74) is 7.03. The molecule has 0 bridgehead atoms. The maximum atomic E-state index is 12.4. The average molecular weight is 387 g/mol. The van der Waals surface area contributed by atoms with Gasteiger partial charge >= 0.3 is 5.69 Å². The van der Waals surface area contributed by atoms with E-state index in [1.807, 2.05) is 11.0 Å². The van der Waals surface area contributed by atoms with Gasteiger partial charge in [-0.05, 0) is 31.0 Å². The molecule has 1 saturated heterocycles. The molecule has 0 spiro atoms. The number of hydrogen-bond donors (Lipinski definition) is 4. The summed E-state index contributed by atoms with van der Waals surface area (Å²) in [6, 6.07) is 5.45. The van der Waals surface area contributed by atoms with Crippen molar-refractivity contribution in [1.82, 2.24) is 19.1 Å². The minimum absolute atomic E-state index is 0.0569. The molecular weight excluding hydrogens is 368 g/mol. The largest absolute Gasteiger partial charge is 0.369 e. The zero-order valence-corrected chi connectivity index (χ0v) is 15.2. The van der Waals surface area contributed by atoms with Gasteiger partial charge in [-0.15, -0.1) is 0 Å². The fraction of sp³-hybridized carbons (Fsp3) is 0.294. The number of fused-ring (bicyclic) bond motifs is 1. The normalized spacial score (nSPS) is 15.4. The average Bonchev–Trinajstić information content (AvgIpc) is 2.96. The van der Waals surface area contributed by atoms with Crippen molar-refractivity contribution in [3.8, 4) is 0 Å².